The number of carbonyl (C=O) groups is 1. The van der Waals surface area contributed by atoms with Gasteiger partial charge in [0.2, 0.25) is 5.91 Å². The van der Waals surface area contributed by atoms with Crippen molar-refractivity contribution >= 4 is 40.4 Å². The zero-order valence-electron chi connectivity index (χ0n) is 13.8. The van der Waals surface area contributed by atoms with Gasteiger partial charge in [-0.25, -0.2) is 4.39 Å². The summed E-state index contributed by atoms with van der Waals surface area (Å²) in [5, 5.41) is 0.512. The molecule has 3 aromatic rings. The maximum atomic E-state index is 13.3. The quantitative estimate of drug-likeness (QED) is 0.651. The molecular formula is C19H14ClFN2O2S. The van der Waals surface area contributed by atoms with E-state index in [1.807, 2.05) is 0 Å². The number of aromatic nitrogens is 1. The van der Waals surface area contributed by atoms with Gasteiger partial charge in [-0.15, -0.1) is 0 Å². The molecule has 0 fully saturated rings. The van der Waals surface area contributed by atoms with E-state index in [-0.39, 0.29) is 28.9 Å². The molecule has 0 N–H and O–H groups in total. The Labute approximate surface area is 158 Å². The Morgan fingerprint density at radius 2 is 1.88 bits per heavy atom. The van der Waals surface area contributed by atoms with Crippen LogP contribution in [0.1, 0.15) is 22.8 Å². The zero-order chi connectivity index (χ0) is 18.4. The summed E-state index contributed by atoms with van der Waals surface area (Å²) in [6, 6.07) is 13.0. The summed E-state index contributed by atoms with van der Waals surface area (Å²) in [6.45, 7) is 0. The van der Waals surface area contributed by atoms with E-state index in [9.17, 15) is 14.0 Å². The third kappa shape index (κ3) is 2.75. The topological polar surface area (TPSA) is 42.3 Å². The van der Waals surface area contributed by atoms with Crippen molar-refractivity contribution in [3.8, 4) is 0 Å². The maximum absolute atomic E-state index is 13.3. The van der Waals surface area contributed by atoms with E-state index >= 15 is 0 Å². The first-order chi connectivity index (χ1) is 12.5. The first-order valence-corrected chi connectivity index (χ1v) is 9.19. The zero-order valence-corrected chi connectivity index (χ0v) is 15.4. The maximum Gasteiger partial charge on any atom is 0.308 e. The fourth-order valence-corrected chi connectivity index (χ4v) is 4.55. The van der Waals surface area contributed by atoms with Gasteiger partial charge in [0.15, 0.2) is 0 Å². The predicted molar refractivity (Wildman–Crippen MR) is 101 cm³/mol. The van der Waals surface area contributed by atoms with Crippen molar-refractivity contribution in [2.75, 3.05) is 4.90 Å². The number of nitrogens with zero attached hydrogens (tertiary/aromatic N) is 2. The molecule has 1 unspecified atom stereocenters. The van der Waals surface area contributed by atoms with Crippen molar-refractivity contribution in [2.45, 2.75) is 12.3 Å². The Morgan fingerprint density at radius 3 is 2.58 bits per heavy atom. The molecule has 2 heterocycles. The lowest BCUT2D eigenvalue weighted by molar-refractivity contribution is -0.118. The van der Waals surface area contributed by atoms with Gasteiger partial charge in [-0.3, -0.25) is 19.1 Å². The van der Waals surface area contributed by atoms with Crippen LogP contribution in [0.3, 0.4) is 0 Å². The highest BCUT2D eigenvalue weighted by Crippen LogP contribution is 2.44. The second-order valence-electron chi connectivity index (χ2n) is 6.13. The first kappa shape index (κ1) is 17.0. The fraction of sp³-hybridized carbons (Fsp3) is 0.158. The van der Waals surface area contributed by atoms with Crippen LogP contribution in [0.5, 0.6) is 0 Å². The summed E-state index contributed by atoms with van der Waals surface area (Å²) in [7, 11) is 1.65. The van der Waals surface area contributed by atoms with Crippen molar-refractivity contribution in [2.24, 2.45) is 7.05 Å². The minimum atomic E-state index is -0.335. The lowest BCUT2D eigenvalue weighted by Crippen LogP contribution is -2.34. The van der Waals surface area contributed by atoms with E-state index in [1.54, 1.807) is 48.3 Å². The van der Waals surface area contributed by atoms with Gasteiger partial charge in [0.1, 0.15) is 11.6 Å². The Bertz CT molecular complexity index is 1060. The Morgan fingerprint density at radius 1 is 1.15 bits per heavy atom. The van der Waals surface area contributed by atoms with Crippen molar-refractivity contribution < 1.29 is 9.18 Å². The molecule has 1 atom stereocenters. The molecule has 4 nitrogen and oxygen atoms in total. The number of hydrogen-bond acceptors (Lipinski definition) is 3. The molecule has 0 saturated heterocycles. The number of halogens is 2. The molecule has 1 aromatic heterocycles. The monoisotopic (exact) mass is 388 g/mol. The van der Waals surface area contributed by atoms with Gasteiger partial charge in [0.05, 0.1) is 10.6 Å². The Kier molecular flexibility index (Phi) is 4.17. The number of carbonyl (C=O) groups excluding carboxylic acids is 1. The second kappa shape index (κ2) is 6.37. The third-order valence-electron chi connectivity index (χ3n) is 4.50. The van der Waals surface area contributed by atoms with E-state index in [0.717, 1.165) is 21.8 Å². The van der Waals surface area contributed by atoms with Crippen LogP contribution in [0.15, 0.2) is 53.3 Å². The van der Waals surface area contributed by atoms with E-state index in [2.05, 4.69) is 0 Å². The van der Waals surface area contributed by atoms with Crippen molar-refractivity contribution in [3.05, 3.63) is 79.5 Å². The summed E-state index contributed by atoms with van der Waals surface area (Å²) in [6.07, 6.45) is 0.200. The number of fused-ring (bicyclic) bond motifs is 1. The van der Waals surface area contributed by atoms with E-state index in [4.69, 9.17) is 11.6 Å². The van der Waals surface area contributed by atoms with E-state index in [1.165, 1.54) is 16.7 Å². The van der Waals surface area contributed by atoms with E-state index < -0.39 is 0 Å². The third-order valence-corrected chi connectivity index (χ3v) is 5.88. The van der Waals surface area contributed by atoms with Gasteiger partial charge in [-0.05, 0) is 35.9 Å². The molecule has 0 radical (unpaired) electrons. The van der Waals surface area contributed by atoms with Crippen LogP contribution < -0.4 is 9.77 Å². The van der Waals surface area contributed by atoms with Crippen LogP contribution in [-0.4, -0.2) is 10.5 Å². The van der Waals surface area contributed by atoms with Crippen LogP contribution in [-0.2, 0) is 11.8 Å². The molecule has 0 saturated carbocycles. The molecule has 2 aromatic carbocycles. The van der Waals surface area contributed by atoms with Gasteiger partial charge < -0.3 is 0 Å². The largest absolute Gasteiger partial charge is 0.308 e. The average Bonchev–Trinajstić information content (AvgIpc) is 2.90. The number of anilines is 2. The fourth-order valence-electron chi connectivity index (χ4n) is 3.27. The molecule has 1 amide bonds. The van der Waals surface area contributed by atoms with Crippen molar-refractivity contribution in [1.82, 2.24) is 4.57 Å². The molecule has 4 rings (SSSR count). The number of hydrogen-bond donors (Lipinski definition) is 0. The van der Waals surface area contributed by atoms with Gasteiger partial charge >= 0.3 is 4.87 Å². The van der Waals surface area contributed by atoms with Crippen molar-refractivity contribution in [3.63, 3.8) is 0 Å². The molecule has 7 heteroatoms. The van der Waals surface area contributed by atoms with Gasteiger partial charge in [-0.2, -0.15) is 0 Å². The number of thiazole rings is 1. The number of amides is 1. The SMILES string of the molecule is Cn1c2c(sc1=O)C(c1ccc(F)cc1)CC(=O)N2c1cccc(Cl)c1. The summed E-state index contributed by atoms with van der Waals surface area (Å²) in [4.78, 5) is 27.5. The highest BCUT2D eigenvalue weighted by atomic mass is 35.5. The van der Waals surface area contributed by atoms with Crippen LogP contribution in [0.25, 0.3) is 0 Å². The van der Waals surface area contributed by atoms with Gasteiger partial charge in [0, 0.05) is 24.4 Å². The minimum absolute atomic E-state index is 0.137. The van der Waals surface area contributed by atoms with Crippen LogP contribution in [0, 0.1) is 5.82 Å². The molecule has 26 heavy (non-hydrogen) atoms. The van der Waals surface area contributed by atoms with Crippen LogP contribution >= 0.6 is 22.9 Å². The molecular weight excluding hydrogens is 375 g/mol. The van der Waals surface area contributed by atoms with Gasteiger partial charge in [-0.1, -0.05) is 41.1 Å². The normalized spacial score (nSPS) is 16.7. The lowest BCUT2D eigenvalue weighted by Gasteiger charge is -2.32. The summed E-state index contributed by atoms with van der Waals surface area (Å²) >= 11 is 7.20. The summed E-state index contributed by atoms with van der Waals surface area (Å²) < 4.78 is 14.8. The highest BCUT2D eigenvalue weighted by Gasteiger charge is 2.37. The first-order valence-electron chi connectivity index (χ1n) is 7.99. The molecule has 0 aliphatic carbocycles. The molecule has 1 aliphatic heterocycles. The second-order valence-corrected chi connectivity index (χ2v) is 7.56. The number of benzene rings is 2. The standard InChI is InChI=1S/C19H14ClFN2O2S/c1-22-18-17(26-19(22)25)15(11-5-7-13(21)8-6-11)10-16(24)23(18)14-4-2-3-12(20)9-14/h2-9,15H,10H2,1H3. The van der Waals surface area contributed by atoms with Crippen LogP contribution in [0.2, 0.25) is 5.02 Å². The molecule has 0 spiro atoms. The summed E-state index contributed by atoms with van der Waals surface area (Å²) in [5.74, 6) is -0.194. The van der Waals surface area contributed by atoms with Crippen molar-refractivity contribution in [1.29, 1.82) is 0 Å². The molecule has 132 valence electrons. The van der Waals surface area contributed by atoms with Gasteiger partial charge in [0.25, 0.3) is 0 Å². The molecule has 1 aliphatic rings. The lowest BCUT2D eigenvalue weighted by atomic mass is 9.90. The number of rotatable bonds is 2. The average molecular weight is 389 g/mol. The predicted octanol–water partition coefficient (Wildman–Crippen LogP) is 4.44. The summed E-state index contributed by atoms with van der Waals surface area (Å²) in [5.41, 5.74) is 1.43. The Balaban J connectivity index is 1.90. The van der Waals surface area contributed by atoms with Crippen LogP contribution in [0.4, 0.5) is 15.9 Å². The minimum Gasteiger partial charge on any atom is -0.288 e. The highest BCUT2D eigenvalue weighted by molar-refractivity contribution is 7.10. The Hall–Kier alpha value is -2.44. The van der Waals surface area contributed by atoms with E-state index in [0.29, 0.717) is 16.5 Å². The smallest absolute Gasteiger partial charge is 0.288 e. The molecule has 0 bridgehead atoms.